The standard InChI is InChI=1S/C41H35N/c1-41(2)38-19-11-10-18-35(38)37-26-36(32-21-20-28-12-6-8-14-30(28)24-32)40(27-39(37)41)42(33-16-4-3-5-17-33)34-23-22-29-13-7-9-15-31(29)25-34/h3-5,7,9-11,13,15-27H,6,8,12,14H2,1-2H3. The number of nitrogens with zero attached hydrogens (tertiary/aromatic N) is 1. The minimum absolute atomic E-state index is 0.0825. The third-order valence-electron chi connectivity index (χ3n) is 9.61. The zero-order valence-electron chi connectivity index (χ0n) is 24.4. The number of fused-ring (bicyclic) bond motifs is 5. The number of hydrogen-bond donors (Lipinski definition) is 0. The van der Waals surface area contributed by atoms with E-state index in [1.165, 1.54) is 98.0 Å². The fourth-order valence-electron chi connectivity index (χ4n) is 7.37. The third kappa shape index (κ3) is 3.99. The number of para-hydroxylation sites is 1. The number of hydrogen-bond acceptors (Lipinski definition) is 1. The van der Waals surface area contributed by atoms with Crippen molar-refractivity contribution in [2.45, 2.75) is 44.9 Å². The Labute approximate surface area is 249 Å². The highest BCUT2D eigenvalue weighted by Crippen LogP contribution is 2.53. The van der Waals surface area contributed by atoms with Crippen molar-refractivity contribution in [1.82, 2.24) is 0 Å². The van der Waals surface area contributed by atoms with Crippen LogP contribution >= 0.6 is 0 Å². The summed E-state index contributed by atoms with van der Waals surface area (Å²) in [5.74, 6) is 0. The highest BCUT2D eigenvalue weighted by molar-refractivity contribution is 5.96. The van der Waals surface area contributed by atoms with E-state index in [0.29, 0.717) is 0 Å². The lowest BCUT2D eigenvalue weighted by Gasteiger charge is -2.31. The van der Waals surface area contributed by atoms with Crippen LogP contribution in [0.5, 0.6) is 0 Å². The lowest BCUT2D eigenvalue weighted by Crippen LogP contribution is -2.17. The van der Waals surface area contributed by atoms with Gasteiger partial charge in [0.2, 0.25) is 0 Å². The van der Waals surface area contributed by atoms with Crippen molar-refractivity contribution in [1.29, 1.82) is 0 Å². The minimum Gasteiger partial charge on any atom is -0.310 e. The van der Waals surface area contributed by atoms with E-state index < -0.39 is 0 Å². The van der Waals surface area contributed by atoms with Crippen LogP contribution in [0.15, 0.2) is 127 Å². The first-order chi connectivity index (χ1) is 20.6. The summed E-state index contributed by atoms with van der Waals surface area (Å²) < 4.78 is 0. The summed E-state index contributed by atoms with van der Waals surface area (Å²) in [7, 11) is 0. The number of anilines is 3. The van der Waals surface area contributed by atoms with Gasteiger partial charge in [-0.05, 0) is 112 Å². The molecule has 0 aromatic heterocycles. The van der Waals surface area contributed by atoms with E-state index in [-0.39, 0.29) is 5.41 Å². The SMILES string of the molecule is CC1(C)c2ccccc2-c2cc(-c3ccc4c(c3)CCCC4)c(N(c3ccccc3)c3ccc4ccccc4c3)cc21. The molecular formula is C41H35N. The van der Waals surface area contributed by atoms with Crippen molar-refractivity contribution in [2.24, 2.45) is 0 Å². The van der Waals surface area contributed by atoms with Gasteiger partial charge in [-0.25, -0.2) is 0 Å². The molecule has 0 atom stereocenters. The Bertz CT molecular complexity index is 1960. The Kier molecular flexibility index (Phi) is 5.82. The highest BCUT2D eigenvalue weighted by Gasteiger charge is 2.37. The molecule has 204 valence electrons. The number of aryl methyl sites for hydroxylation is 2. The molecule has 2 aliphatic rings. The molecule has 0 spiro atoms. The van der Waals surface area contributed by atoms with E-state index in [0.717, 1.165) is 0 Å². The van der Waals surface area contributed by atoms with Gasteiger partial charge in [-0.1, -0.05) is 105 Å². The predicted octanol–water partition coefficient (Wildman–Crippen LogP) is 11.2. The van der Waals surface area contributed by atoms with E-state index in [1.54, 1.807) is 0 Å². The van der Waals surface area contributed by atoms with E-state index in [1.807, 2.05) is 0 Å². The summed E-state index contributed by atoms with van der Waals surface area (Å²) in [5.41, 5.74) is 14.6. The van der Waals surface area contributed by atoms with Crippen LogP contribution in [0.3, 0.4) is 0 Å². The Morgan fingerprint density at radius 3 is 2.10 bits per heavy atom. The lowest BCUT2D eigenvalue weighted by atomic mass is 9.81. The first-order valence-electron chi connectivity index (χ1n) is 15.3. The van der Waals surface area contributed by atoms with E-state index in [2.05, 4.69) is 146 Å². The van der Waals surface area contributed by atoms with Crippen LogP contribution in [-0.4, -0.2) is 0 Å². The molecule has 0 unspecified atom stereocenters. The Morgan fingerprint density at radius 2 is 1.24 bits per heavy atom. The van der Waals surface area contributed by atoms with Gasteiger partial charge in [-0.15, -0.1) is 0 Å². The van der Waals surface area contributed by atoms with Crippen LogP contribution in [0, 0.1) is 0 Å². The molecule has 0 saturated heterocycles. The van der Waals surface area contributed by atoms with Crippen LogP contribution < -0.4 is 4.90 Å². The van der Waals surface area contributed by atoms with Gasteiger partial charge in [-0.2, -0.15) is 0 Å². The smallest absolute Gasteiger partial charge is 0.0543 e. The summed E-state index contributed by atoms with van der Waals surface area (Å²) in [6, 6.07) is 47.6. The van der Waals surface area contributed by atoms with Gasteiger partial charge in [0.05, 0.1) is 5.69 Å². The molecule has 2 aliphatic carbocycles. The number of benzene rings is 6. The second kappa shape index (κ2) is 9.74. The van der Waals surface area contributed by atoms with Gasteiger partial charge >= 0.3 is 0 Å². The van der Waals surface area contributed by atoms with Gasteiger partial charge in [0.25, 0.3) is 0 Å². The molecular weight excluding hydrogens is 506 g/mol. The van der Waals surface area contributed by atoms with E-state index in [4.69, 9.17) is 0 Å². The van der Waals surface area contributed by atoms with Crippen LogP contribution in [0.2, 0.25) is 0 Å². The maximum absolute atomic E-state index is 2.49. The van der Waals surface area contributed by atoms with Crippen molar-refractivity contribution in [2.75, 3.05) is 4.90 Å². The second-order valence-electron chi connectivity index (χ2n) is 12.5. The van der Waals surface area contributed by atoms with E-state index >= 15 is 0 Å². The summed E-state index contributed by atoms with van der Waals surface area (Å²) in [5, 5.41) is 2.51. The molecule has 0 saturated carbocycles. The first-order valence-corrected chi connectivity index (χ1v) is 15.3. The highest BCUT2D eigenvalue weighted by atomic mass is 15.1. The molecule has 1 heteroatoms. The van der Waals surface area contributed by atoms with Crippen molar-refractivity contribution in [3.05, 3.63) is 150 Å². The summed E-state index contributed by atoms with van der Waals surface area (Å²) in [6.45, 7) is 4.76. The molecule has 0 fully saturated rings. The van der Waals surface area contributed by atoms with Gasteiger partial charge in [0, 0.05) is 22.4 Å². The summed E-state index contributed by atoms with van der Waals surface area (Å²) in [4.78, 5) is 2.47. The van der Waals surface area contributed by atoms with Crippen molar-refractivity contribution >= 4 is 27.8 Å². The van der Waals surface area contributed by atoms with Crippen LogP contribution in [0.4, 0.5) is 17.1 Å². The Balaban J connectivity index is 1.43. The molecule has 1 nitrogen and oxygen atoms in total. The average molecular weight is 542 g/mol. The first kappa shape index (κ1) is 25.1. The molecule has 0 N–H and O–H groups in total. The molecule has 0 heterocycles. The third-order valence-corrected chi connectivity index (χ3v) is 9.61. The number of rotatable bonds is 4. The zero-order valence-corrected chi connectivity index (χ0v) is 24.4. The monoisotopic (exact) mass is 541 g/mol. The largest absolute Gasteiger partial charge is 0.310 e. The fourth-order valence-corrected chi connectivity index (χ4v) is 7.37. The van der Waals surface area contributed by atoms with Gasteiger partial charge in [0.1, 0.15) is 0 Å². The lowest BCUT2D eigenvalue weighted by molar-refractivity contribution is 0.660. The normalized spacial score (nSPS) is 14.7. The zero-order chi connectivity index (χ0) is 28.3. The average Bonchev–Trinajstić information content (AvgIpc) is 3.26. The Hall–Kier alpha value is -4.62. The minimum atomic E-state index is -0.0825. The maximum Gasteiger partial charge on any atom is 0.0543 e. The Morgan fingerprint density at radius 1 is 0.500 bits per heavy atom. The summed E-state index contributed by atoms with van der Waals surface area (Å²) >= 11 is 0. The molecule has 0 aliphatic heterocycles. The van der Waals surface area contributed by atoms with Gasteiger partial charge in [-0.3, -0.25) is 0 Å². The van der Waals surface area contributed by atoms with E-state index in [9.17, 15) is 0 Å². The van der Waals surface area contributed by atoms with Crippen molar-refractivity contribution in [3.63, 3.8) is 0 Å². The second-order valence-corrected chi connectivity index (χ2v) is 12.5. The molecule has 6 aromatic rings. The predicted molar refractivity (Wildman–Crippen MR) is 178 cm³/mol. The van der Waals surface area contributed by atoms with Crippen molar-refractivity contribution in [3.8, 4) is 22.3 Å². The van der Waals surface area contributed by atoms with Crippen LogP contribution in [0.1, 0.15) is 48.9 Å². The van der Waals surface area contributed by atoms with Gasteiger partial charge in [0.15, 0.2) is 0 Å². The topological polar surface area (TPSA) is 3.24 Å². The quantitative estimate of drug-likeness (QED) is 0.214. The van der Waals surface area contributed by atoms with Crippen LogP contribution in [-0.2, 0) is 18.3 Å². The molecule has 0 bridgehead atoms. The molecule has 8 rings (SSSR count). The maximum atomic E-state index is 2.49. The van der Waals surface area contributed by atoms with Gasteiger partial charge < -0.3 is 4.90 Å². The van der Waals surface area contributed by atoms with Crippen LogP contribution in [0.25, 0.3) is 33.0 Å². The molecule has 6 aromatic carbocycles. The molecule has 42 heavy (non-hydrogen) atoms. The van der Waals surface area contributed by atoms with Crippen molar-refractivity contribution < 1.29 is 0 Å². The summed E-state index contributed by atoms with van der Waals surface area (Å²) in [6.07, 6.45) is 4.95. The fraction of sp³-hybridized carbons (Fsp3) is 0.171. The molecule has 0 amide bonds. The molecule has 0 radical (unpaired) electrons.